The lowest BCUT2D eigenvalue weighted by atomic mass is 9.84. The van der Waals surface area contributed by atoms with Gasteiger partial charge in [-0.25, -0.2) is 0 Å². The Morgan fingerprint density at radius 1 is 0.783 bits per heavy atom. The molecule has 0 amide bonds. The lowest BCUT2D eigenvalue weighted by Gasteiger charge is -2.17. The third kappa shape index (κ3) is 1.60. The predicted octanol–water partition coefficient (Wildman–Crippen LogP) is 1.61. The minimum atomic E-state index is -0.406. The van der Waals surface area contributed by atoms with Crippen LogP contribution in [0.25, 0.3) is 27.6 Å². The molecule has 0 saturated heterocycles. The molecule has 110 valence electrons. The molecule has 4 heteroatoms. The van der Waals surface area contributed by atoms with Gasteiger partial charge >= 0.3 is 0 Å². The van der Waals surface area contributed by atoms with E-state index in [-0.39, 0.29) is 23.2 Å². The van der Waals surface area contributed by atoms with Crippen LogP contribution in [0.1, 0.15) is 27.1 Å². The summed E-state index contributed by atoms with van der Waals surface area (Å²) in [6.07, 6.45) is 2.61. The second-order valence-electron chi connectivity index (χ2n) is 5.57. The molecule has 0 unspecified atom stereocenters. The molecule has 0 saturated carbocycles. The molecule has 0 aromatic heterocycles. The van der Waals surface area contributed by atoms with Gasteiger partial charge in [-0.1, -0.05) is 12.7 Å². The summed E-state index contributed by atoms with van der Waals surface area (Å²) in [4.78, 5) is 49.4. The zero-order chi connectivity index (χ0) is 16.3. The first-order valence-electron chi connectivity index (χ1n) is 7.13. The number of ketones is 2. The van der Waals surface area contributed by atoms with Gasteiger partial charge in [-0.3, -0.25) is 19.2 Å². The molecule has 1 aliphatic carbocycles. The third-order valence-electron chi connectivity index (χ3n) is 4.35. The second kappa shape index (κ2) is 4.43. The van der Waals surface area contributed by atoms with Crippen LogP contribution in [0.2, 0.25) is 0 Å². The number of hydrogen-bond acceptors (Lipinski definition) is 4. The maximum atomic E-state index is 12.6. The summed E-state index contributed by atoms with van der Waals surface area (Å²) in [5, 5.41) is 1.58. The fourth-order valence-corrected chi connectivity index (χ4v) is 3.34. The number of rotatable bonds is 1. The molecule has 23 heavy (non-hydrogen) atoms. The van der Waals surface area contributed by atoms with Crippen molar-refractivity contribution in [3.05, 3.63) is 73.7 Å². The predicted molar refractivity (Wildman–Crippen MR) is 88.3 cm³/mol. The Morgan fingerprint density at radius 2 is 1.30 bits per heavy atom. The molecular weight excluding hydrogens is 292 g/mol. The Kier molecular flexibility index (Phi) is 2.60. The molecule has 3 aromatic carbocycles. The first-order chi connectivity index (χ1) is 11.0. The topological polar surface area (TPSA) is 68.3 Å². The number of carbonyl (C=O) groups excluding carboxylic acids is 2. The Bertz CT molecular complexity index is 1130. The molecule has 3 aromatic rings. The van der Waals surface area contributed by atoms with E-state index in [1.54, 1.807) is 24.3 Å². The standard InChI is InChI=1S/C19H10O4/c1-2-3-13-18(22)11-6-4-9-14(20)8-15(21)10-5-7-12(19(13)23)17(11)16(9)10/h2-7H,1,8H2. The van der Waals surface area contributed by atoms with Crippen LogP contribution in [0, 0.1) is 0 Å². The highest BCUT2D eigenvalue weighted by Crippen LogP contribution is 2.33. The van der Waals surface area contributed by atoms with E-state index in [2.05, 4.69) is 6.58 Å². The maximum Gasteiger partial charge on any atom is 0.197 e. The summed E-state index contributed by atoms with van der Waals surface area (Å²) in [6.45, 7) is 3.53. The highest BCUT2D eigenvalue weighted by Gasteiger charge is 2.27. The Hall–Kier alpha value is -3.14. The molecule has 0 bridgehead atoms. The second-order valence-corrected chi connectivity index (χ2v) is 5.57. The average Bonchev–Trinajstić information content (AvgIpc) is 2.54. The van der Waals surface area contributed by atoms with Crippen LogP contribution in [-0.4, -0.2) is 11.6 Å². The monoisotopic (exact) mass is 302 g/mol. The summed E-state index contributed by atoms with van der Waals surface area (Å²) >= 11 is 0. The van der Waals surface area contributed by atoms with Crippen LogP contribution in [0.3, 0.4) is 0 Å². The summed E-state index contributed by atoms with van der Waals surface area (Å²) in [5.74, 6) is -0.558. The minimum Gasteiger partial charge on any atom is -0.294 e. The molecule has 0 N–H and O–H groups in total. The van der Waals surface area contributed by atoms with E-state index in [1.807, 2.05) is 0 Å². The van der Waals surface area contributed by atoms with Crippen molar-refractivity contribution in [2.45, 2.75) is 6.42 Å². The maximum absolute atomic E-state index is 12.6. The molecule has 4 rings (SSSR count). The van der Waals surface area contributed by atoms with Crippen molar-refractivity contribution >= 4 is 39.2 Å². The van der Waals surface area contributed by atoms with Gasteiger partial charge in [0.1, 0.15) is 0 Å². The van der Waals surface area contributed by atoms with Gasteiger partial charge in [-0.05, 0) is 30.3 Å². The number of Topliss-reactive ketones (excluding diaryl/α,β-unsaturated/α-hetero) is 2. The van der Waals surface area contributed by atoms with E-state index >= 15 is 0 Å². The van der Waals surface area contributed by atoms with Crippen LogP contribution in [-0.2, 0) is 0 Å². The highest BCUT2D eigenvalue weighted by atomic mass is 16.2. The Balaban J connectivity index is 2.42. The lowest BCUT2D eigenvalue weighted by Crippen LogP contribution is -2.38. The number of allylic oxidation sites excluding steroid dienone is 1. The largest absolute Gasteiger partial charge is 0.294 e. The summed E-state index contributed by atoms with van der Waals surface area (Å²) in [7, 11) is 0. The van der Waals surface area contributed by atoms with E-state index < -0.39 is 10.9 Å². The zero-order valence-electron chi connectivity index (χ0n) is 12.0. The van der Waals surface area contributed by atoms with Crippen LogP contribution >= 0.6 is 0 Å². The van der Waals surface area contributed by atoms with Crippen molar-refractivity contribution in [2.75, 3.05) is 0 Å². The molecule has 0 atom stereocenters. The molecule has 0 radical (unpaired) electrons. The van der Waals surface area contributed by atoms with Gasteiger partial charge in [-0.15, -0.1) is 0 Å². The number of carbonyl (C=O) groups is 2. The van der Waals surface area contributed by atoms with Crippen LogP contribution in [0.5, 0.6) is 0 Å². The summed E-state index contributed by atoms with van der Waals surface area (Å²) in [6, 6.07) is 6.26. The van der Waals surface area contributed by atoms with Crippen molar-refractivity contribution in [1.29, 1.82) is 0 Å². The van der Waals surface area contributed by atoms with Gasteiger partial charge < -0.3 is 0 Å². The van der Waals surface area contributed by atoms with Crippen LogP contribution in [0.15, 0.2) is 46.5 Å². The third-order valence-corrected chi connectivity index (χ3v) is 4.35. The van der Waals surface area contributed by atoms with Crippen molar-refractivity contribution < 1.29 is 9.59 Å². The zero-order valence-corrected chi connectivity index (χ0v) is 12.0. The first kappa shape index (κ1) is 13.5. The molecule has 0 spiro atoms. The lowest BCUT2D eigenvalue weighted by molar-refractivity contribution is 0.0890. The first-order valence-corrected chi connectivity index (χ1v) is 7.13. The SMILES string of the molecule is C=CC=c1c(=O)c2ccc3c4c(ccc(c1=O)c42)C(=O)CC3=O. The van der Waals surface area contributed by atoms with Gasteiger partial charge in [0.15, 0.2) is 22.4 Å². The summed E-state index contributed by atoms with van der Waals surface area (Å²) < 4.78 is 0. The number of hydrogen-bond donors (Lipinski definition) is 0. The normalized spacial score (nSPS) is 13.7. The van der Waals surface area contributed by atoms with Crippen molar-refractivity contribution in [2.24, 2.45) is 0 Å². The quantitative estimate of drug-likeness (QED) is 0.640. The smallest absolute Gasteiger partial charge is 0.197 e. The fraction of sp³-hybridized carbons (Fsp3) is 0.0526. The van der Waals surface area contributed by atoms with E-state index in [0.717, 1.165) is 0 Å². The van der Waals surface area contributed by atoms with E-state index in [9.17, 15) is 19.2 Å². The van der Waals surface area contributed by atoms with Gasteiger partial charge in [0.2, 0.25) is 0 Å². The molecule has 1 aliphatic rings. The van der Waals surface area contributed by atoms with E-state index in [4.69, 9.17) is 0 Å². The van der Waals surface area contributed by atoms with Gasteiger partial charge in [0, 0.05) is 32.7 Å². The summed E-state index contributed by atoms with van der Waals surface area (Å²) in [5.41, 5.74) is -0.0120. The molecule has 4 nitrogen and oxygen atoms in total. The van der Waals surface area contributed by atoms with Gasteiger partial charge in [-0.2, -0.15) is 0 Å². The minimum absolute atomic E-state index is 0.0454. The van der Waals surface area contributed by atoms with Crippen molar-refractivity contribution in [1.82, 2.24) is 0 Å². The van der Waals surface area contributed by atoms with Gasteiger partial charge in [0.05, 0.1) is 11.6 Å². The Labute approximate surface area is 129 Å². The Morgan fingerprint density at radius 3 is 1.78 bits per heavy atom. The highest BCUT2D eigenvalue weighted by molar-refractivity contribution is 6.31. The van der Waals surface area contributed by atoms with E-state index in [0.29, 0.717) is 32.7 Å². The molecule has 0 heterocycles. The van der Waals surface area contributed by atoms with E-state index in [1.165, 1.54) is 12.2 Å². The molecule has 0 aliphatic heterocycles. The molecule has 0 fully saturated rings. The van der Waals surface area contributed by atoms with Crippen molar-refractivity contribution in [3.63, 3.8) is 0 Å². The van der Waals surface area contributed by atoms with Crippen molar-refractivity contribution in [3.8, 4) is 0 Å². The fourth-order valence-electron chi connectivity index (χ4n) is 3.34. The average molecular weight is 302 g/mol. The van der Waals surface area contributed by atoms with Crippen LogP contribution < -0.4 is 16.1 Å². The molecular formula is C19H10O4. The van der Waals surface area contributed by atoms with Crippen LogP contribution in [0.4, 0.5) is 0 Å². The van der Waals surface area contributed by atoms with Gasteiger partial charge in [0.25, 0.3) is 0 Å². The number of benzene rings is 3.